The predicted octanol–water partition coefficient (Wildman–Crippen LogP) is 2.90. The Labute approximate surface area is 510 Å². The highest BCUT2D eigenvalue weighted by atomic mass is 16.7. The van der Waals surface area contributed by atoms with Gasteiger partial charge in [0.2, 0.25) is 6.29 Å². The summed E-state index contributed by atoms with van der Waals surface area (Å²) in [7, 11) is 2.65. The summed E-state index contributed by atoms with van der Waals surface area (Å²) in [5.41, 5.74) is -1.56. The smallest absolute Gasteiger partial charge is 0.306 e. The molecular formula is C61H88O27. The molecule has 5 unspecified atom stereocenters. The second-order valence-corrected chi connectivity index (χ2v) is 24.3. The fraction of sp³-hybridized carbons (Fsp3) is 0.754. The van der Waals surface area contributed by atoms with Crippen LogP contribution in [0.2, 0.25) is 0 Å². The molecule has 1 aliphatic carbocycles. The van der Waals surface area contributed by atoms with Crippen LogP contribution in [0.1, 0.15) is 136 Å². The van der Waals surface area contributed by atoms with Gasteiger partial charge in [-0.05, 0) is 91.3 Å². The molecule has 88 heavy (non-hydrogen) atoms. The van der Waals surface area contributed by atoms with Crippen molar-refractivity contribution in [2.45, 2.75) is 274 Å². The summed E-state index contributed by atoms with van der Waals surface area (Å²) in [5.74, 6) is -6.07. The molecule has 27 nitrogen and oxygen atoms in total. The highest BCUT2D eigenvalue weighted by molar-refractivity contribution is 6.11. The first-order valence-corrected chi connectivity index (χ1v) is 30.1. The number of esters is 3. The van der Waals surface area contributed by atoms with E-state index in [1.807, 2.05) is 0 Å². The first-order valence-electron chi connectivity index (χ1n) is 30.1. The number of benzene rings is 2. The third-order valence-electron chi connectivity index (χ3n) is 17.4. The molecule has 2 aromatic rings. The molecule has 2 aromatic carbocycles. The number of Topliss-reactive ketones (excluding diaryl/α,β-unsaturated/α-hetero) is 2. The topological polar surface area (TPSA) is 365 Å². The summed E-state index contributed by atoms with van der Waals surface area (Å²) >= 11 is 0. The van der Waals surface area contributed by atoms with Crippen molar-refractivity contribution < 1.29 is 131 Å². The number of aliphatic hydroxyl groups is 5. The highest BCUT2D eigenvalue weighted by Gasteiger charge is 2.53. The summed E-state index contributed by atoms with van der Waals surface area (Å²) in [5, 5.41) is 80.7. The molecule has 5 aliphatic heterocycles. The Morgan fingerprint density at radius 3 is 1.84 bits per heavy atom. The molecule has 5 fully saturated rings. The average Bonchev–Trinajstić information content (AvgIpc) is 0.761. The van der Waals surface area contributed by atoms with E-state index in [-0.39, 0.29) is 78.2 Å². The normalized spacial score (nSPS) is 38.1. The van der Waals surface area contributed by atoms with Gasteiger partial charge in [0.05, 0.1) is 59.8 Å². The summed E-state index contributed by atoms with van der Waals surface area (Å²) in [6.07, 6.45) is -25.6. The molecule has 0 bridgehead atoms. The van der Waals surface area contributed by atoms with E-state index in [0.717, 1.165) is 0 Å². The molecule has 0 radical (unpaired) electrons. The van der Waals surface area contributed by atoms with Crippen LogP contribution in [0.15, 0.2) is 12.1 Å². The van der Waals surface area contributed by atoms with Gasteiger partial charge in [-0.25, -0.2) is 0 Å². The largest absolute Gasteiger partial charge is 0.507 e. The van der Waals surface area contributed by atoms with Crippen molar-refractivity contribution in [3.05, 3.63) is 28.8 Å². The number of carbonyl (C=O) groups is 5. The number of phenols is 2. The zero-order valence-corrected chi connectivity index (χ0v) is 52.0. The molecule has 8 rings (SSSR count). The highest BCUT2D eigenvalue weighted by Crippen LogP contribution is 2.48. The maximum absolute atomic E-state index is 15.3. The van der Waals surface area contributed by atoms with Crippen LogP contribution in [0.5, 0.6) is 17.2 Å². The SMILES string of the molecule is CCCC(=O)O[C@H](C)[C@H](O)C(=O)[C@@H](OC)[C@@H]1Cc2cc3cc(O[C@H]4C[C@@H](O[C@H]5C[C@@H](O)[C@@H](OC)C(C)O5)[C@@H](OC(C)=O)C(C)O4)c(C)c(O)c3c(O)c2C(=O)[C@H]1O[C@H]1C[C@@H](O[C@H]2C[C@@H](O[C@H]3C[C@@](C)(O)[C@@H](OC(C)=O)C(C)O3)[C@H](O)C(C)O2)[C@H](O)C(C)O1. The van der Waals surface area contributed by atoms with E-state index in [9.17, 15) is 54.9 Å². The lowest BCUT2D eigenvalue weighted by molar-refractivity contribution is -0.334. The molecular weight excluding hydrogens is 1160 g/mol. The fourth-order valence-electron chi connectivity index (χ4n) is 13.0. The second-order valence-electron chi connectivity index (χ2n) is 24.3. The fourth-order valence-corrected chi connectivity index (χ4v) is 13.0. The maximum atomic E-state index is 15.3. The van der Waals surface area contributed by atoms with Gasteiger partial charge >= 0.3 is 17.9 Å². The van der Waals surface area contributed by atoms with Gasteiger partial charge in [-0.2, -0.15) is 0 Å². The molecule has 5 heterocycles. The number of fused-ring (bicyclic) bond motifs is 2. The van der Waals surface area contributed by atoms with Crippen molar-refractivity contribution in [3.63, 3.8) is 0 Å². The molecule has 494 valence electrons. The van der Waals surface area contributed by atoms with Crippen LogP contribution in [-0.2, 0) is 91.9 Å². The number of aromatic hydroxyl groups is 2. The van der Waals surface area contributed by atoms with Crippen molar-refractivity contribution in [3.8, 4) is 17.2 Å². The van der Waals surface area contributed by atoms with Crippen LogP contribution < -0.4 is 4.74 Å². The molecule has 5 saturated heterocycles. The quantitative estimate of drug-likeness (QED) is 0.0698. The monoisotopic (exact) mass is 1250 g/mol. The maximum Gasteiger partial charge on any atom is 0.306 e. The van der Waals surface area contributed by atoms with Crippen molar-refractivity contribution in [1.82, 2.24) is 0 Å². The van der Waals surface area contributed by atoms with Gasteiger partial charge in [-0.1, -0.05) is 6.92 Å². The summed E-state index contributed by atoms with van der Waals surface area (Å²) in [6, 6.07) is 3.04. The van der Waals surface area contributed by atoms with Crippen LogP contribution in [0.25, 0.3) is 10.8 Å². The number of ether oxygens (including phenoxy) is 15. The van der Waals surface area contributed by atoms with E-state index in [0.29, 0.717) is 6.42 Å². The van der Waals surface area contributed by atoms with Gasteiger partial charge in [0.15, 0.2) is 55.0 Å². The minimum Gasteiger partial charge on any atom is -0.507 e. The van der Waals surface area contributed by atoms with Gasteiger partial charge in [-0.3, -0.25) is 24.0 Å². The zero-order valence-electron chi connectivity index (χ0n) is 52.0. The van der Waals surface area contributed by atoms with E-state index < -0.39 is 194 Å². The zero-order chi connectivity index (χ0) is 64.5. The Morgan fingerprint density at radius 1 is 0.716 bits per heavy atom. The minimum absolute atomic E-state index is 0.0122. The van der Waals surface area contributed by atoms with E-state index in [2.05, 4.69) is 0 Å². The lowest BCUT2D eigenvalue weighted by Gasteiger charge is -2.46. The number of rotatable bonds is 21. The van der Waals surface area contributed by atoms with Gasteiger partial charge in [0.25, 0.3) is 0 Å². The van der Waals surface area contributed by atoms with Crippen molar-refractivity contribution >= 4 is 40.2 Å². The lowest BCUT2D eigenvalue weighted by atomic mass is 9.75. The molecule has 0 amide bonds. The third kappa shape index (κ3) is 15.2. The Balaban J connectivity index is 1.06. The number of carbonyl (C=O) groups excluding carboxylic acids is 5. The van der Waals surface area contributed by atoms with Gasteiger partial charge in [0.1, 0.15) is 65.6 Å². The van der Waals surface area contributed by atoms with Crippen LogP contribution in [0, 0.1) is 12.8 Å². The van der Waals surface area contributed by atoms with Crippen LogP contribution >= 0.6 is 0 Å². The molecule has 27 heteroatoms. The summed E-state index contributed by atoms with van der Waals surface area (Å²) in [4.78, 5) is 66.5. The first kappa shape index (κ1) is 69.1. The van der Waals surface area contributed by atoms with Crippen molar-refractivity contribution in [2.24, 2.45) is 5.92 Å². The number of aliphatic hydroxyl groups excluding tert-OH is 4. The number of hydrogen-bond acceptors (Lipinski definition) is 27. The summed E-state index contributed by atoms with van der Waals surface area (Å²) in [6.45, 7) is 16.7. The third-order valence-corrected chi connectivity index (χ3v) is 17.4. The van der Waals surface area contributed by atoms with Crippen molar-refractivity contribution in [2.75, 3.05) is 14.2 Å². The molecule has 0 spiro atoms. The minimum atomic E-state index is -1.96. The second kappa shape index (κ2) is 28.8. The standard InChI is InChI=1S/C61H88O27/c1-14-15-41(65)76-27(5)52(69)55(72)58(75-13)35-17-33-16-34-18-37(84-44-22-40(57(29(7)80-44)82-31(9)62)87-42-19-36(64)56(74-12)28(6)79-42)24(2)49(66)47(34)53(70)48(33)54(71)59(35)88-45-21-38(50(67)26(4)78-45)85-43-20-39(51(68)25(3)77-43)86-46-23-61(11,73)60(30(8)81-46)83-32(10)63/h16,18,25-30,35-36,38-40,42-46,50-52,56-60,64,66-70,73H,14-15,17,19-23H2,1-13H3/t25?,26?,27-,28?,29?,30?,35+,36-,38-,39-,40-,42+,43+,44+,45+,46+,50-,51-,52+,56+,57+,58+,59+,60+,61-/m1/s1. The van der Waals surface area contributed by atoms with E-state index >= 15 is 4.79 Å². The van der Waals surface area contributed by atoms with Crippen LogP contribution in [0.3, 0.4) is 0 Å². The van der Waals surface area contributed by atoms with E-state index in [1.54, 1.807) is 34.6 Å². The number of phenolic OH excluding ortho intramolecular Hbond substituents is 2. The van der Waals surface area contributed by atoms with Gasteiger partial charge < -0.3 is 107 Å². The van der Waals surface area contributed by atoms with E-state index in [4.69, 9.17) is 71.1 Å². The average molecular weight is 1250 g/mol. The Morgan fingerprint density at radius 2 is 1.26 bits per heavy atom. The van der Waals surface area contributed by atoms with Crippen LogP contribution in [0.4, 0.5) is 0 Å². The number of ketones is 2. The van der Waals surface area contributed by atoms with Gasteiger partial charge in [0, 0.05) is 78.1 Å². The molecule has 25 atom stereocenters. The number of hydrogen-bond donors (Lipinski definition) is 7. The predicted molar refractivity (Wildman–Crippen MR) is 301 cm³/mol. The molecule has 7 N–H and O–H groups in total. The van der Waals surface area contributed by atoms with Gasteiger partial charge in [-0.15, -0.1) is 0 Å². The Hall–Kier alpha value is -4.79. The number of methoxy groups -OCH3 is 2. The first-order chi connectivity index (χ1) is 41.4. The molecule has 0 aromatic heterocycles. The Kier molecular flexibility index (Phi) is 22.6. The van der Waals surface area contributed by atoms with Crippen molar-refractivity contribution in [1.29, 1.82) is 0 Å². The molecule has 6 aliphatic rings. The van der Waals surface area contributed by atoms with E-state index in [1.165, 1.54) is 67.9 Å². The lowest BCUT2D eigenvalue weighted by Crippen LogP contribution is -2.59. The van der Waals surface area contributed by atoms with Crippen LogP contribution in [-0.4, -0.2) is 226 Å². The molecule has 0 saturated carbocycles. The Bertz CT molecular complexity index is 2780. The summed E-state index contributed by atoms with van der Waals surface area (Å²) < 4.78 is 90.1.